The van der Waals surface area contributed by atoms with E-state index in [4.69, 9.17) is 4.74 Å². The predicted octanol–water partition coefficient (Wildman–Crippen LogP) is 2.97. The van der Waals surface area contributed by atoms with Crippen molar-refractivity contribution in [1.82, 2.24) is 0 Å². The van der Waals surface area contributed by atoms with Gasteiger partial charge in [-0.2, -0.15) is 0 Å². The Kier molecular flexibility index (Phi) is 5.03. The van der Waals surface area contributed by atoms with E-state index < -0.39 is 0 Å². The third kappa shape index (κ3) is 4.61. The highest BCUT2D eigenvalue weighted by atomic mass is 16.5. The fraction of sp³-hybridized carbons (Fsp3) is 0.769. The van der Waals surface area contributed by atoms with Gasteiger partial charge in [0.25, 0.3) is 0 Å². The van der Waals surface area contributed by atoms with Crippen molar-refractivity contribution in [1.29, 1.82) is 0 Å². The number of allylic oxidation sites excluding steroid dienone is 2. The van der Waals surface area contributed by atoms with E-state index in [9.17, 15) is 4.79 Å². The molecule has 0 saturated heterocycles. The van der Waals surface area contributed by atoms with Crippen molar-refractivity contribution >= 4 is 5.78 Å². The second-order valence-corrected chi connectivity index (χ2v) is 4.73. The van der Waals surface area contributed by atoms with Crippen molar-refractivity contribution in [3.63, 3.8) is 0 Å². The molecule has 2 nitrogen and oxygen atoms in total. The summed E-state index contributed by atoms with van der Waals surface area (Å²) in [7, 11) is 0. The van der Waals surface area contributed by atoms with Gasteiger partial charge in [0.15, 0.2) is 0 Å². The van der Waals surface area contributed by atoms with Crippen LogP contribution >= 0.6 is 0 Å². The topological polar surface area (TPSA) is 26.3 Å². The number of carbonyl (C=O) groups excluding carboxylic acids is 1. The highest BCUT2D eigenvalue weighted by Gasteiger charge is 2.19. The fourth-order valence-electron chi connectivity index (χ4n) is 1.99. The van der Waals surface area contributed by atoms with Crippen molar-refractivity contribution in [2.75, 3.05) is 6.61 Å². The maximum atomic E-state index is 10.9. The molecule has 0 saturated carbocycles. The predicted molar refractivity (Wildman–Crippen MR) is 61.7 cm³/mol. The molecule has 0 aromatic rings. The van der Waals surface area contributed by atoms with Gasteiger partial charge < -0.3 is 4.74 Å². The van der Waals surface area contributed by atoms with Crippen molar-refractivity contribution in [2.45, 2.75) is 46.1 Å². The minimum atomic E-state index is 0.0700. The Morgan fingerprint density at radius 3 is 2.73 bits per heavy atom. The third-order valence-corrected chi connectivity index (χ3v) is 3.09. The number of rotatable bonds is 5. The van der Waals surface area contributed by atoms with Gasteiger partial charge in [-0.05, 0) is 38.5 Å². The lowest BCUT2D eigenvalue weighted by atomic mass is 9.85. The quantitative estimate of drug-likeness (QED) is 0.652. The molecule has 1 rings (SSSR count). The van der Waals surface area contributed by atoms with E-state index in [1.54, 1.807) is 6.92 Å². The van der Waals surface area contributed by atoms with Crippen molar-refractivity contribution in [3.05, 3.63) is 12.2 Å². The van der Waals surface area contributed by atoms with E-state index in [0.29, 0.717) is 18.3 Å². The smallest absolute Gasteiger partial charge is 0.132 e. The van der Waals surface area contributed by atoms with Crippen LogP contribution in [0.4, 0.5) is 0 Å². The highest BCUT2D eigenvalue weighted by molar-refractivity contribution is 5.75. The van der Waals surface area contributed by atoms with Gasteiger partial charge in [-0.1, -0.05) is 19.1 Å². The molecular weight excluding hydrogens is 188 g/mol. The lowest BCUT2D eigenvalue weighted by molar-refractivity contribution is -0.119. The van der Waals surface area contributed by atoms with Crippen LogP contribution in [-0.2, 0) is 9.53 Å². The summed E-state index contributed by atoms with van der Waals surface area (Å²) >= 11 is 0. The minimum absolute atomic E-state index is 0.0700. The maximum absolute atomic E-state index is 10.9. The van der Waals surface area contributed by atoms with Gasteiger partial charge >= 0.3 is 0 Å². The van der Waals surface area contributed by atoms with Crippen molar-refractivity contribution in [2.24, 2.45) is 11.8 Å². The summed E-state index contributed by atoms with van der Waals surface area (Å²) in [4.78, 5) is 10.9. The molecule has 0 aromatic heterocycles. The number of carbonyl (C=O) groups is 1. The zero-order chi connectivity index (χ0) is 11.3. The standard InChI is InChI=1S/C13H22O2/c1-10-6-4-5-7-13(10)9-15-12(3)8-11(2)14/h4-5,10,12-13H,6-9H2,1-3H3. The Hall–Kier alpha value is -0.630. The van der Waals surface area contributed by atoms with E-state index >= 15 is 0 Å². The molecule has 0 spiro atoms. The first-order valence-electron chi connectivity index (χ1n) is 5.85. The number of Topliss-reactive ketones (excluding diaryl/α,β-unsaturated/α-hetero) is 1. The Bertz CT molecular complexity index is 233. The van der Waals surface area contributed by atoms with Gasteiger partial charge in [-0.25, -0.2) is 0 Å². The largest absolute Gasteiger partial charge is 0.378 e. The summed E-state index contributed by atoms with van der Waals surface area (Å²) in [5, 5.41) is 0. The molecule has 0 aliphatic heterocycles. The molecule has 15 heavy (non-hydrogen) atoms. The fourth-order valence-corrected chi connectivity index (χ4v) is 1.99. The monoisotopic (exact) mass is 210 g/mol. The van der Waals surface area contributed by atoms with Gasteiger partial charge in [0, 0.05) is 6.42 Å². The van der Waals surface area contributed by atoms with Gasteiger partial charge in [-0.3, -0.25) is 4.79 Å². The van der Waals surface area contributed by atoms with E-state index in [1.807, 2.05) is 6.92 Å². The third-order valence-electron chi connectivity index (χ3n) is 3.09. The van der Waals surface area contributed by atoms with Crippen molar-refractivity contribution in [3.8, 4) is 0 Å². The average molecular weight is 210 g/mol. The number of hydrogen-bond donors (Lipinski definition) is 0. The minimum Gasteiger partial charge on any atom is -0.378 e. The molecule has 1 aliphatic rings. The molecule has 0 bridgehead atoms. The molecule has 2 heteroatoms. The summed E-state index contributed by atoms with van der Waals surface area (Å²) in [5.74, 6) is 1.54. The number of ketones is 1. The zero-order valence-electron chi connectivity index (χ0n) is 10.0. The maximum Gasteiger partial charge on any atom is 0.132 e. The highest BCUT2D eigenvalue weighted by Crippen LogP contribution is 2.25. The number of hydrogen-bond acceptors (Lipinski definition) is 2. The first-order valence-corrected chi connectivity index (χ1v) is 5.85. The first-order chi connectivity index (χ1) is 7.09. The van der Waals surface area contributed by atoms with Crippen LogP contribution in [0.15, 0.2) is 12.2 Å². The van der Waals surface area contributed by atoms with Crippen LogP contribution < -0.4 is 0 Å². The van der Waals surface area contributed by atoms with E-state index in [0.717, 1.165) is 19.4 Å². The normalized spacial score (nSPS) is 27.7. The molecule has 0 radical (unpaired) electrons. The lowest BCUT2D eigenvalue weighted by Crippen LogP contribution is -2.23. The summed E-state index contributed by atoms with van der Waals surface area (Å²) < 4.78 is 5.71. The molecular formula is C13H22O2. The molecule has 86 valence electrons. The first kappa shape index (κ1) is 12.4. The molecule has 0 fully saturated rings. The second-order valence-electron chi connectivity index (χ2n) is 4.73. The van der Waals surface area contributed by atoms with Crippen LogP contribution in [0.5, 0.6) is 0 Å². The number of ether oxygens (including phenoxy) is 1. The molecule has 0 heterocycles. The zero-order valence-corrected chi connectivity index (χ0v) is 10.0. The molecule has 0 amide bonds. The Morgan fingerprint density at radius 1 is 1.47 bits per heavy atom. The van der Waals surface area contributed by atoms with Crippen molar-refractivity contribution < 1.29 is 9.53 Å². The summed E-state index contributed by atoms with van der Waals surface area (Å²) in [5.41, 5.74) is 0. The Morgan fingerprint density at radius 2 is 2.13 bits per heavy atom. The second kappa shape index (κ2) is 6.06. The SMILES string of the molecule is CC(=O)CC(C)OCC1CC=CCC1C. The van der Waals surface area contributed by atoms with Gasteiger partial charge in [0.2, 0.25) is 0 Å². The van der Waals surface area contributed by atoms with Crippen LogP contribution in [0.2, 0.25) is 0 Å². The van der Waals surface area contributed by atoms with Gasteiger partial charge in [0.1, 0.15) is 5.78 Å². The van der Waals surface area contributed by atoms with Gasteiger partial charge in [0.05, 0.1) is 12.7 Å². The molecule has 3 atom stereocenters. The van der Waals surface area contributed by atoms with Gasteiger partial charge in [-0.15, -0.1) is 0 Å². The Labute approximate surface area is 92.7 Å². The van der Waals surface area contributed by atoms with Crippen LogP contribution in [0.3, 0.4) is 0 Å². The van der Waals surface area contributed by atoms with E-state index in [2.05, 4.69) is 19.1 Å². The van der Waals surface area contributed by atoms with Crippen LogP contribution in [0, 0.1) is 11.8 Å². The summed E-state index contributed by atoms with van der Waals surface area (Å²) in [6.07, 6.45) is 7.38. The van der Waals surface area contributed by atoms with Crippen LogP contribution in [-0.4, -0.2) is 18.5 Å². The van der Waals surface area contributed by atoms with Crippen LogP contribution in [0.1, 0.15) is 40.0 Å². The molecule has 0 aromatic carbocycles. The van der Waals surface area contributed by atoms with E-state index in [1.165, 1.54) is 0 Å². The van der Waals surface area contributed by atoms with E-state index in [-0.39, 0.29) is 11.9 Å². The van der Waals surface area contributed by atoms with Crippen LogP contribution in [0.25, 0.3) is 0 Å². The summed E-state index contributed by atoms with van der Waals surface area (Å²) in [6.45, 7) is 6.66. The molecule has 1 aliphatic carbocycles. The summed E-state index contributed by atoms with van der Waals surface area (Å²) in [6, 6.07) is 0. The molecule has 0 N–H and O–H groups in total. The average Bonchev–Trinajstić information content (AvgIpc) is 2.15. The lowest BCUT2D eigenvalue weighted by Gasteiger charge is -2.26. The molecule has 3 unspecified atom stereocenters. The Balaban J connectivity index is 2.24.